The van der Waals surface area contributed by atoms with Gasteiger partial charge in [-0.2, -0.15) is 5.26 Å². The third kappa shape index (κ3) is 9.40. The summed E-state index contributed by atoms with van der Waals surface area (Å²) in [6, 6.07) is 10.2. The van der Waals surface area contributed by atoms with Crippen molar-refractivity contribution in [2.24, 2.45) is 17.8 Å². The standard InChI is InChI=1S/C31H49NO4Si/c1-23(2)30(33)25(20-32)12-9-10-15-29(36-37(7,8)31(3,4)5)28-14-11-13-26(28)22-35-21-24-16-18-27(34-6)19-17-24/h9-10,12,16-19,23,26,28-30,33H,11,13-15,21-22H2,1-8H3/b10-9+,25-12+/t26-,28+,29-,30?/m0/s1. The Morgan fingerprint density at radius 1 is 1.19 bits per heavy atom. The lowest BCUT2D eigenvalue weighted by Crippen LogP contribution is -2.46. The average Bonchev–Trinajstić information content (AvgIpc) is 3.31. The van der Waals surface area contributed by atoms with E-state index in [0.717, 1.165) is 37.2 Å². The molecule has 0 bridgehead atoms. The number of aliphatic hydroxyl groups is 1. The summed E-state index contributed by atoms with van der Waals surface area (Å²) in [5.41, 5.74) is 1.55. The van der Waals surface area contributed by atoms with Gasteiger partial charge in [0, 0.05) is 0 Å². The molecular formula is C31H49NO4Si. The monoisotopic (exact) mass is 527 g/mol. The second-order valence-corrected chi connectivity index (χ2v) is 17.0. The van der Waals surface area contributed by atoms with E-state index in [1.54, 1.807) is 13.2 Å². The summed E-state index contributed by atoms with van der Waals surface area (Å²) in [7, 11) is -0.297. The summed E-state index contributed by atoms with van der Waals surface area (Å²) in [6.45, 7) is 16.7. The molecule has 6 heteroatoms. The Hall–Kier alpha value is -1.91. The molecule has 0 aromatic heterocycles. The summed E-state index contributed by atoms with van der Waals surface area (Å²) >= 11 is 0. The lowest BCUT2D eigenvalue weighted by Gasteiger charge is -2.42. The molecule has 0 aliphatic heterocycles. The smallest absolute Gasteiger partial charge is 0.192 e. The predicted molar refractivity (Wildman–Crippen MR) is 154 cm³/mol. The number of hydrogen-bond acceptors (Lipinski definition) is 5. The summed E-state index contributed by atoms with van der Waals surface area (Å²) in [6.07, 6.45) is 9.44. The quantitative estimate of drug-likeness (QED) is 0.164. The van der Waals surface area contributed by atoms with Gasteiger partial charge in [0.15, 0.2) is 8.32 Å². The molecule has 37 heavy (non-hydrogen) atoms. The van der Waals surface area contributed by atoms with Crippen LogP contribution in [-0.4, -0.2) is 39.3 Å². The number of nitrogens with zero attached hydrogens (tertiary/aromatic N) is 1. The second kappa shape index (κ2) is 14.3. The van der Waals surface area contributed by atoms with Gasteiger partial charge in [0.25, 0.3) is 0 Å². The Morgan fingerprint density at radius 3 is 2.43 bits per heavy atom. The second-order valence-electron chi connectivity index (χ2n) is 12.2. The minimum absolute atomic E-state index is 0.00567. The van der Waals surface area contributed by atoms with Crippen molar-refractivity contribution >= 4 is 8.32 Å². The van der Waals surface area contributed by atoms with Crippen LogP contribution < -0.4 is 4.74 Å². The van der Waals surface area contributed by atoms with Crippen molar-refractivity contribution in [2.75, 3.05) is 13.7 Å². The first-order valence-electron chi connectivity index (χ1n) is 13.7. The van der Waals surface area contributed by atoms with Crippen molar-refractivity contribution in [1.82, 2.24) is 0 Å². The van der Waals surface area contributed by atoms with Crippen molar-refractivity contribution in [1.29, 1.82) is 5.26 Å². The minimum Gasteiger partial charge on any atom is -0.497 e. The summed E-state index contributed by atoms with van der Waals surface area (Å²) < 4.78 is 18.5. The molecule has 1 unspecified atom stereocenters. The Labute approximate surface area is 226 Å². The molecular weight excluding hydrogens is 478 g/mol. The average molecular weight is 528 g/mol. The molecule has 206 valence electrons. The molecule has 1 fully saturated rings. The maximum Gasteiger partial charge on any atom is 0.192 e. The van der Waals surface area contributed by atoms with Crippen LogP contribution in [0.3, 0.4) is 0 Å². The fourth-order valence-corrected chi connectivity index (χ4v) is 6.00. The van der Waals surface area contributed by atoms with Gasteiger partial charge in [-0.25, -0.2) is 0 Å². The number of allylic oxidation sites excluding steroid dienone is 2. The third-order valence-corrected chi connectivity index (χ3v) is 12.6. The number of hydrogen-bond donors (Lipinski definition) is 1. The SMILES string of the molecule is COc1ccc(COC[C@@H]2CCC[C@H]2[C@H](C/C=C/C=C(\C#N)C(O)C(C)C)O[Si](C)(C)C(C)(C)C)cc1. The van der Waals surface area contributed by atoms with Crippen molar-refractivity contribution in [3.8, 4) is 11.8 Å². The van der Waals surface area contributed by atoms with E-state index in [4.69, 9.17) is 13.9 Å². The van der Waals surface area contributed by atoms with E-state index >= 15 is 0 Å². The highest BCUT2D eigenvalue weighted by atomic mass is 28.4. The van der Waals surface area contributed by atoms with Crippen LogP contribution in [0.15, 0.2) is 48.1 Å². The molecule has 4 atom stereocenters. The zero-order valence-electron chi connectivity index (χ0n) is 24.3. The van der Waals surface area contributed by atoms with Crippen LogP contribution in [0.5, 0.6) is 5.75 Å². The van der Waals surface area contributed by atoms with Crippen LogP contribution in [0.1, 0.15) is 65.9 Å². The van der Waals surface area contributed by atoms with E-state index < -0.39 is 14.4 Å². The van der Waals surface area contributed by atoms with Crippen molar-refractivity contribution in [2.45, 2.75) is 97.2 Å². The molecule has 1 N–H and O–H groups in total. The number of nitriles is 1. The lowest BCUT2D eigenvalue weighted by atomic mass is 9.89. The molecule has 2 rings (SSSR count). The molecule has 1 saturated carbocycles. The Kier molecular flexibility index (Phi) is 12.1. The molecule has 0 radical (unpaired) electrons. The molecule has 1 aliphatic rings. The lowest BCUT2D eigenvalue weighted by molar-refractivity contribution is 0.0345. The van der Waals surface area contributed by atoms with Gasteiger partial charge < -0.3 is 19.0 Å². The van der Waals surface area contributed by atoms with Crippen LogP contribution >= 0.6 is 0 Å². The van der Waals surface area contributed by atoms with E-state index in [0.29, 0.717) is 24.0 Å². The summed E-state index contributed by atoms with van der Waals surface area (Å²) in [4.78, 5) is 0. The van der Waals surface area contributed by atoms with Gasteiger partial charge in [-0.15, -0.1) is 0 Å². The van der Waals surface area contributed by atoms with Crippen LogP contribution in [-0.2, 0) is 15.8 Å². The fourth-order valence-electron chi connectivity index (χ4n) is 4.62. The van der Waals surface area contributed by atoms with E-state index in [1.807, 2.05) is 32.1 Å². The number of benzene rings is 1. The first-order chi connectivity index (χ1) is 17.4. The van der Waals surface area contributed by atoms with Crippen LogP contribution in [0.2, 0.25) is 18.1 Å². The van der Waals surface area contributed by atoms with Gasteiger partial charge >= 0.3 is 0 Å². The molecule has 0 heterocycles. The number of methoxy groups -OCH3 is 1. The molecule has 0 spiro atoms. The van der Waals surface area contributed by atoms with E-state index in [1.165, 1.54) is 6.42 Å². The Balaban J connectivity index is 2.12. The van der Waals surface area contributed by atoms with Gasteiger partial charge in [-0.3, -0.25) is 0 Å². The zero-order chi connectivity index (χ0) is 27.6. The molecule has 1 aliphatic carbocycles. The largest absolute Gasteiger partial charge is 0.497 e. The van der Waals surface area contributed by atoms with Crippen molar-refractivity contribution in [3.63, 3.8) is 0 Å². The number of ether oxygens (including phenoxy) is 2. The van der Waals surface area contributed by atoms with Crippen molar-refractivity contribution < 1.29 is 19.0 Å². The van der Waals surface area contributed by atoms with Gasteiger partial charge in [0.05, 0.1) is 44.2 Å². The first-order valence-corrected chi connectivity index (χ1v) is 16.6. The molecule has 5 nitrogen and oxygen atoms in total. The maximum absolute atomic E-state index is 10.3. The number of aliphatic hydroxyl groups excluding tert-OH is 1. The number of rotatable bonds is 13. The van der Waals surface area contributed by atoms with Gasteiger partial charge in [0.2, 0.25) is 0 Å². The third-order valence-electron chi connectivity index (χ3n) is 8.07. The highest BCUT2D eigenvalue weighted by Gasteiger charge is 2.42. The molecule has 0 amide bonds. The van der Waals surface area contributed by atoms with E-state index in [9.17, 15) is 10.4 Å². The van der Waals surface area contributed by atoms with Gasteiger partial charge in [0.1, 0.15) is 5.75 Å². The highest BCUT2D eigenvalue weighted by molar-refractivity contribution is 6.74. The Bertz CT molecular complexity index is 924. The normalized spacial score (nSPS) is 20.8. The van der Waals surface area contributed by atoms with Crippen LogP contribution in [0.4, 0.5) is 0 Å². The van der Waals surface area contributed by atoms with Gasteiger partial charge in [-0.05, 0) is 78.9 Å². The fraction of sp³-hybridized carbons (Fsp3) is 0.645. The maximum atomic E-state index is 10.3. The van der Waals surface area contributed by atoms with Crippen LogP contribution in [0.25, 0.3) is 0 Å². The van der Waals surface area contributed by atoms with Crippen molar-refractivity contribution in [3.05, 3.63) is 53.6 Å². The first kappa shape index (κ1) is 31.3. The summed E-state index contributed by atoms with van der Waals surface area (Å²) in [5.74, 6) is 1.77. The minimum atomic E-state index is -1.97. The zero-order valence-corrected chi connectivity index (χ0v) is 25.3. The summed E-state index contributed by atoms with van der Waals surface area (Å²) in [5, 5.41) is 19.8. The van der Waals surface area contributed by atoms with E-state index in [2.05, 4.69) is 58.1 Å². The van der Waals surface area contributed by atoms with Gasteiger partial charge in [-0.1, -0.05) is 65.3 Å². The Morgan fingerprint density at radius 2 is 1.86 bits per heavy atom. The van der Waals surface area contributed by atoms with Crippen LogP contribution in [0, 0.1) is 29.1 Å². The molecule has 0 saturated heterocycles. The highest BCUT2D eigenvalue weighted by Crippen LogP contribution is 2.43. The molecule has 1 aromatic rings. The molecule has 1 aromatic carbocycles. The predicted octanol–water partition coefficient (Wildman–Crippen LogP) is 7.43. The topological polar surface area (TPSA) is 71.7 Å². The van der Waals surface area contributed by atoms with E-state index in [-0.39, 0.29) is 17.1 Å².